The molecule has 4 heteroatoms. The molecule has 2 nitrogen and oxygen atoms in total. The van der Waals surface area contributed by atoms with E-state index in [0.29, 0.717) is 5.02 Å². The maximum atomic E-state index is 12.6. The first-order chi connectivity index (χ1) is 9.75. The molecule has 0 saturated carbocycles. The SMILES string of the molecule is O=C(c1ccccc1)N1CCSC1c1cccc(Cl)c1. The van der Waals surface area contributed by atoms with Crippen LogP contribution in [-0.2, 0) is 0 Å². The number of nitrogens with zero attached hydrogens (tertiary/aromatic N) is 1. The van der Waals surface area contributed by atoms with E-state index < -0.39 is 0 Å². The van der Waals surface area contributed by atoms with Crippen LogP contribution in [0.4, 0.5) is 0 Å². The highest BCUT2D eigenvalue weighted by atomic mass is 35.5. The van der Waals surface area contributed by atoms with Crippen LogP contribution in [-0.4, -0.2) is 23.1 Å². The quantitative estimate of drug-likeness (QED) is 0.827. The van der Waals surface area contributed by atoms with Crippen molar-refractivity contribution in [2.45, 2.75) is 5.37 Å². The van der Waals surface area contributed by atoms with Crippen molar-refractivity contribution in [1.82, 2.24) is 4.90 Å². The third kappa shape index (κ3) is 2.69. The molecule has 2 aromatic rings. The van der Waals surface area contributed by atoms with Gasteiger partial charge in [0.15, 0.2) is 0 Å². The summed E-state index contributed by atoms with van der Waals surface area (Å²) in [5.74, 6) is 1.04. The lowest BCUT2D eigenvalue weighted by Crippen LogP contribution is -2.30. The molecule has 1 fully saturated rings. The lowest BCUT2D eigenvalue weighted by atomic mass is 10.1. The van der Waals surface area contributed by atoms with Crippen LogP contribution < -0.4 is 0 Å². The van der Waals surface area contributed by atoms with E-state index in [1.54, 1.807) is 11.8 Å². The van der Waals surface area contributed by atoms with Gasteiger partial charge in [-0.2, -0.15) is 0 Å². The number of rotatable bonds is 2. The second-order valence-electron chi connectivity index (χ2n) is 4.64. The average molecular weight is 304 g/mol. The van der Waals surface area contributed by atoms with Gasteiger partial charge < -0.3 is 4.90 Å². The molecule has 1 aliphatic rings. The molecule has 20 heavy (non-hydrogen) atoms. The second-order valence-corrected chi connectivity index (χ2v) is 6.27. The Balaban J connectivity index is 1.88. The molecule has 0 aliphatic carbocycles. The van der Waals surface area contributed by atoms with Crippen molar-refractivity contribution in [1.29, 1.82) is 0 Å². The summed E-state index contributed by atoms with van der Waals surface area (Å²) < 4.78 is 0. The van der Waals surface area contributed by atoms with Crippen LogP contribution >= 0.6 is 23.4 Å². The molecular weight excluding hydrogens is 290 g/mol. The summed E-state index contributed by atoms with van der Waals surface area (Å²) >= 11 is 7.84. The third-order valence-electron chi connectivity index (χ3n) is 3.31. The minimum Gasteiger partial charge on any atom is -0.322 e. The molecule has 0 spiro atoms. The molecule has 3 rings (SSSR count). The molecule has 2 aromatic carbocycles. The Morgan fingerprint density at radius 1 is 1.15 bits per heavy atom. The highest BCUT2D eigenvalue weighted by Gasteiger charge is 2.31. The molecule has 1 unspecified atom stereocenters. The molecule has 1 atom stereocenters. The molecule has 1 heterocycles. The summed E-state index contributed by atoms with van der Waals surface area (Å²) in [4.78, 5) is 14.5. The van der Waals surface area contributed by atoms with E-state index in [2.05, 4.69) is 0 Å². The molecule has 102 valence electrons. The minimum absolute atomic E-state index is 0.0569. The largest absolute Gasteiger partial charge is 0.322 e. The van der Waals surface area contributed by atoms with Gasteiger partial charge in [0, 0.05) is 22.9 Å². The van der Waals surface area contributed by atoms with Gasteiger partial charge in [-0.3, -0.25) is 4.79 Å². The van der Waals surface area contributed by atoms with Crippen LogP contribution in [0.2, 0.25) is 5.02 Å². The molecule has 0 N–H and O–H groups in total. The second kappa shape index (κ2) is 5.90. The number of thioether (sulfide) groups is 1. The van der Waals surface area contributed by atoms with Crippen molar-refractivity contribution < 1.29 is 4.79 Å². The number of carbonyl (C=O) groups excluding carboxylic acids is 1. The van der Waals surface area contributed by atoms with Crippen LogP contribution in [0.1, 0.15) is 21.3 Å². The number of hydrogen-bond acceptors (Lipinski definition) is 2. The molecule has 1 amide bonds. The van der Waals surface area contributed by atoms with Crippen LogP contribution in [0.15, 0.2) is 54.6 Å². The van der Waals surface area contributed by atoms with Gasteiger partial charge in [0.1, 0.15) is 5.37 Å². The van der Waals surface area contributed by atoms with Crippen LogP contribution in [0.3, 0.4) is 0 Å². The van der Waals surface area contributed by atoms with Crippen LogP contribution in [0.25, 0.3) is 0 Å². The Morgan fingerprint density at radius 3 is 2.70 bits per heavy atom. The van der Waals surface area contributed by atoms with Gasteiger partial charge in [-0.1, -0.05) is 41.9 Å². The number of carbonyl (C=O) groups is 1. The standard InChI is InChI=1S/C16H14ClNOS/c17-14-8-4-7-13(11-14)16-18(9-10-20-16)15(19)12-5-2-1-3-6-12/h1-8,11,16H,9-10H2. The van der Waals surface area contributed by atoms with Gasteiger partial charge in [0.05, 0.1) is 0 Å². The van der Waals surface area contributed by atoms with Crippen molar-refractivity contribution in [3.63, 3.8) is 0 Å². The summed E-state index contributed by atoms with van der Waals surface area (Å²) in [7, 11) is 0. The predicted molar refractivity (Wildman–Crippen MR) is 84.1 cm³/mol. The smallest absolute Gasteiger partial charge is 0.255 e. The van der Waals surface area contributed by atoms with E-state index >= 15 is 0 Å². The first kappa shape index (κ1) is 13.5. The fraction of sp³-hybridized carbons (Fsp3) is 0.188. The Morgan fingerprint density at radius 2 is 1.95 bits per heavy atom. The topological polar surface area (TPSA) is 20.3 Å². The van der Waals surface area contributed by atoms with E-state index in [0.717, 1.165) is 23.4 Å². The normalized spacial score (nSPS) is 18.2. The number of halogens is 1. The van der Waals surface area contributed by atoms with Gasteiger partial charge in [-0.05, 0) is 29.8 Å². The first-order valence-electron chi connectivity index (χ1n) is 6.49. The molecule has 0 bridgehead atoms. The Labute approximate surface area is 127 Å². The Hall–Kier alpha value is -1.45. The lowest BCUT2D eigenvalue weighted by Gasteiger charge is -2.24. The zero-order valence-electron chi connectivity index (χ0n) is 10.8. The zero-order valence-corrected chi connectivity index (χ0v) is 12.4. The van der Waals surface area contributed by atoms with Gasteiger partial charge in [-0.15, -0.1) is 11.8 Å². The van der Waals surface area contributed by atoms with Crippen LogP contribution in [0.5, 0.6) is 0 Å². The summed E-state index contributed by atoms with van der Waals surface area (Å²) in [6.07, 6.45) is 0. The van der Waals surface area contributed by atoms with E-state index in [1.807, 2.05) is 59.5 Å². The van der Waals surface area contributed by atoms with Crippen molar-refractivity contribution in [2.75, 3.05) is 12.3 Å². The summed E-state index contributed by atoms with van der Waals surface area (Å²) in [5.41, 5.74) is 1.83. The van der Waals surface area contributed by atoms with E-state index in [1.165, 1.54) is 0 Å². The lowest BCUT2D eigenvalue weighted by molar-refractivity contribution is 0.0760. The fourth-order valence-electron chi connectivity index (χ4n) is 2.36. The van der Waals surface area contributed by atoms with E-state index in [-0.39, 0.29) is 11.3 Å². The molecule has 1 saturated heterocycles. The Bertz CT molecular complexity index is 617. The van der Waals surface area contributed by atoms with E-state index in [9.17, 15) is 4.79 Å². The minimum atomic E-state index is 0.0569. The molecule has 1 aliphatic heterocycles. The highest BCUT2D eigenvalue weighted by Crippen LogP contribution is 2.39. The number of hydrogen-bond donors (Lipinski definition) is 0. The monoisotopic (exact) mass is 303 g/mol. The van der Waals surface area contributed by atoms with Gasteiger partial charge in [0.2, 0.25) is 0 Å². The molecule has 0 radical (unpaired) electrons. The first-order valence-corrected chi connectivity index (χ1v) is 7.91. The third-order valence-corrected chi connectivity index (χ3v) is 4.80. The summed E-state index contributed by atoms with van der Waals surface area (Å²) in [6.45, 7) is 0.773. The zero-order chi connectivity index (χ0) is 13.9. The van der Waals surface area contributed by atoms with Crippen molar-refractivity contribution >= 4 is 29.3 Å². The van der Waals surface area contributed by atoms with Crippen molar-refractivity contribution in [3.8, 4) is 0 Å². The van der Waals surface area contributed by atoms with Crippen molar-refractivity contribution in [3.05, 3.63) is 70.7 Å². The number of amides is 1. The maximum Gasteiger partial charge on any atom is 0.255 e. The predicted octanol–water partition coefficient (Wildman–Crippen LogP) is 4.23. The highest BCUT2D eigenvalue weighted by molar-refractivity contribution is 7.99. The summed E-state index contributed by atoms with van der Waals surface area (Å²) in [6, 6.07) is 17.2. The fourth-order valence-corrected chi connectivity index (χ4v) is 3.81. The summed E-state index contributed by atoms with van der Waals surface area (Å²) in [5, 5.41) is 0.767. The van der Waals surface area contributed by atoms with Crippen LogP contribution in [0, 0.1) is 0 Å². The molecule has 0 aromatic heterocycles. The average Bonchev–Trinajstić information content (AvgIpc) is 2.97. The van der Waals surface area contributed by atoms with Crippen molar-refractivity contribution in [2.24, 2.45) is 0 Å². The number of benzene rings is 2. The van der Waals surface area contributed by atoms with Gasteiger partial charge in [-0.25, -0.2) is 0 Å². The maximum absolute atomic E-state index is 12.6. The van der Waals surface area contributed by atoms with E-state index in [4.69, 9.17) is 11.6 Å². The Kier molecular flexibility index (Phi) is 3.99. The van der Waals surface area contributed by atoms with Gasteiger partial charge in [0.25, 0.3) is 5.91 Å². The van der Waals surface area contributed by atoms with Gasteiger partial charge >= 0.3 is 0 Å². The molecular formula is C16H14ClNOS.